The molecule has 1 aliphatic carbocycles. The predicted octanol–water partition coefficient (Wildman–Crippen LogP) is 0.323. The smallest absolute Gasteiger partial charge is 0.236 e. The van der Waals surface area contributed by atoms with Gasteiger partial charge in [0.05, 0.1) is 6.54 Å². The van der Waals surface area contributed by atoms with Crippen LogP contribution >= 0.6 is 12.4 Å². The predicted molar refractivity (Wildman–Crippen MR) is 66.9 cm³/mol. The summed E-state index contributed by atoms with van der Waals surface area (Å²) in [5.74, 6) is 0.286. The number of likely N-dealkylation sites (N-methyl/N-ethyl adjacent to an activating group) is 2. The third-order valence-electron chi connectivity index (χ3n) is 3.53. The first-order chi connectivity index (χ1) is 7.20. The van der Waals surface area contributed by atoms with Crippen LogP contribution < -0.4 is 5.32 Å². The van der Waals surface area contributed by atoms with Gasteiger partial charge in [0.1, 0.15) is 0 Å². The molecule has 1 atom stereocenters. The van der Waals surface area contributed by atoms with Crippen molar-refractivity contribution in [2.24, 2.45) is 0 Å². The number of halogens is 1. The van der Waals surface area contributed by atoms with Gasteiger partial charge in [-0.15, -0.1) is 12.4 Å². The largest absolute Gasteiger partial charge is 0.342 e. The average Bonchev–Trinajstić information content (AvgIpc) is 2.98. The molecule has 2 fully saturated rings. The van der Waals surface area contributed by atoms with E-state index in [1.54, 1.807) is 0 Å². The molecular weight excluding hydrogens is 226 g/mol. The van der Waals surface area contributed by atoms with Gasteiger partial charge in [0.2, 0.25) is 5.91 Å². The molecule has 1 saturated carbocycles. The van der Waals surface area contributed by atoms with Crippen LogP contribution in [-0.4, -0.2) is 61.5 Å². The molecule has 94 valence electrons. The van der Waals surface area contributed by atoms with Crippen molar-refractivity contribution in [3.05, 3.63) is 0 Å². The zero-order chi connectivity index (χ0) is 10.8. The number of rotatable bonds is 4. The van der Waals surface area contributed by atoms with Crippen LogP contribution in [0, 0.1) is 0 Å². The van der Waals surface area contributed by atoms with E-state index in [2.05, 4.69) is 10.2 Å². The Labute approximate surface area is 104 Å². The Morgan fingerprint density at radius 2 is 2.12 bits per heavy atom. The van der Waals surface area contributed by atoms with Crippen LogP contribution in [-0.2, 0) is 4.79 Å². The number of hydrogen-bond donors (Lipinski definition) is 1. The number of nitrogens with one attached hydrogen (secondary N) is 1. The van der Waals surface area contributed by atoms with Gasteiger partial charge in [-0.1, -0.05) is 0 Å². The van der Waals surface area contributed by atoms with Crippen LogP contribution in [0.15, 0.2) is 0 Å². The summed E-state index contributed by atoms with van der Waals surface area (Å²) < 4.78 is 0. The molecule has 5 heteroatoms. The zero-order valence-electron chi connectivity index (χ0n) is 10.1. The highest BCUT2D eigenvalue weighted by atomic mass is 35.5. The summed E-state index contributed by atoms with van der Waals surface area (Å²) in [5.41, 5.74) is 0. The Balaban J connectivity index is 0.00000128. The molecule has 0 aromatic carbocycles. The fourth-order valence-electron chi connectivity index (χ4n) is 2.18. The van der Waals surface area contributed by atoms with Crippen LogP contribution in [0.25, 0.3) is 0 Å². The molecule has 0 aromatic heterocycles. The van der Waals surface area contributed by atoms with E-state index in [1.165, 1.54) is 12.8 Å². The third kappa shape index (κ3) is 3.34. The van der Waals surface area contributed by atoms with Gasteiger partial charge >= 0.3 is 0 Å². The van der Waals surface area contributed by atoms with Gasteiger partial charge in [-0.3, -0.25) is 9.69 Å². The maximum Gasteiger partial charge on any atom is 0.236 e. The summed E-state index contributed by atoms with van der Waals surface area (Å²) in [4.78, 5) is 16.0. The number of carbonyl (C=O) groups is 1. The maximum atomic E-state index is 11.8. The van der Waals surface area contributed by atoms with Crippen molar-refractivity contribution in [3.8, 4) is 0 Å². The van der Waals surface area contributed by atoms with E-state index in [0.717, 1.165) is 19.5 Å². The summed E-state index contributed by atoms with van der Waals surface area (Å²) in [7, 11) is 3.93. The lowest BCUT2D eigenvalue weighted by molar-refractivity contribution is -0.131. The number of hydrogen-bond acceptors (Lipinski definition) is 3. The first-order valence-corrected chi connectivity index (χ1v) is 5.86. The SMILES string of the molecule is CNC1CCN(CC(=O)N(C)C2CC2)C1.Cl. The first-order valence-electron chi connectivity index (χ1n) is 5.86. The number of amides is 1. The van der Waals surface area contributed by atoms with Crippen molar-refractivity contribution in [3.63, 3.8) is 0 Å². The topological polar surface area (TPSA) is 35.6 Å². The molecule has 1 heterocycles. The minimum atomic E-state index is 0. The second kappa shape index (κ2) is 5.84. The molecule has 4 nitrogen and oxygen atoms in total. The lowest BCUT2D eigenvalue weighted by Crippen LogP contribution is -2.39. The minimum absolute atomic E-state index is 0. The lowest BCUT2D eigenvalue weighted by atomic mass is 10.3. The Morgan fingerprint density at radius 1 is 1.44 bits per heavy atom. The van der Waals surface area contributed by atoms with Crippen molar-refractivity contribution in [2.75, 3.05) is 33.7 Å². The molecule has 0 aromatic rings. The monoisotopic (exact) mass is 247 g/mol. The van der Waals surface area contributed by atoms with Gasteiger partial charge in [0, 0.05) is 32.2 Å². The van der Waals surface area contributed by atoms with Crippen LogP contribution in [0.3, 0.4) is 0 Å². The zero-order valence-corrected chi connectivity index (χ0v) is 10.9. The van der Waals surface area contributed by atoms with Gasteiger partial charge in [-0.05, 0) is 26.3 Å². The summed E-state index contributed by atoms with van der Waals surface area (Å²) in [5, 5.41) is 3.26. The summed E-state index contributed by atoms with van der Waals surface area (Å²) >= 11 is 0. The second-order valence-electron chi connectivity index (χ2n) is 4.75. The number of likely N-dealkylation sites (tertiary alicyclic amines) is 1. The molecular formula is C11H22ClN3O. The molecule has 1 aliphatic heterocycles. The third-order valence-corrected chi connectivity index (χ3v) is 3.53. The van der Waals surface area contributed by atoms with Gasteiger partial charge in [0.25, 0.3) is 0 Å². The molecule has 1 N–H and O–H groups in total. The molecule has 0 bridgehead atoms. The molecule has 1 unspecified atom stereocenters. The molecule has 0 spiro atoms. The maximum absolute atomic E-state index is 11.8. The quantitative estimate of drug-likeness (QED) is 0.778. The van der Waals surface area contributed by atoms with Crippen LogP contribution in [0.5, 0.6) is 0 Å². The van der Waals surface area contributed by atoms with E-state index in [9.17, 15) is 4.79 Å². The van der Waals surface area contributed by atoms with Crippen molar-refractivity contribution < 1.29 is 4.79 Å². The molecule has 2 rings (SSSR count). The Kier molecular flexibility index (Phi) is 5.02. The summed E-state index contributed by atoms with van der Waals surface area (Å²) in [6.07, 6.45) is 3.56. The van der Waals surface area contributed by atoms with E-state index >= 15 is 0 Å². The molecule has 2 aliphatic rings. The molecule has 16 heavy (non-hydrogen) atoms. The fourth-order valence-corrected chi connectivity index (χ4v) is 2.18. The van der Waals surface area contributed by atoms with E-state index in [4.69, 9.17) is 0 Å². The van der Waals surface area contributed by atoms with Crippen LogP contribution in [0.4, 0.5) is 0 Å². The van der Waals surface area contributed by atoms with Crippen molar-refractivity contribution >= 4 is 18.3 Å². The average molecular weight is 248 g/mol. The Hall–Kier alpha value is -0.320. The van der Waals surface area contributed by atoms with E-state index < -0.39 is 0 Å². The molecule has 1 saturated heterocycles. The van der Waals surface area contributed by atoms with Crippen molar-refractivity contribution in [2.45, 2.75) is 31.3 Å². The van der Waals surface area contributed by atoms with Crippen LogP contribution in [0.2, 0.25) is 0 Å². The Morgan fingerprint density at radius 3 is 2.62 bits per heavy atom. The lowest BCUT2D eigenvalue weighted by Gasteiger charge is -2.21. The molecule has 0 radical (unpaired) electrons. The van der Waals surface area contributed by atoms with Gasteiger partial charge in [-0.2, -0.15) is 0 Å². The minimum Gasteiger partial charge on any atom is -0.342 e. The van der Waals surface area contributed by atoms with Gasteiger partial charge < -0.3 is 10.2 Å². The van der Waals surface area contributed by atoms with Gasteiger partial charge in [0.15, 0.2) is 0 Å². The van der Waals surface area contributed by atoms with E-state index in [-0.39, 0.29) is 18.3 Å². The highest BCUT2D eigenvalue weighted by molar-refractivity contribution is 5.85. The van der Waals surface area contributed by atoms with Crippen molar-refractivity contribution in [1.82, 2.24) is 15.1 Å². The van der Waals surface area contributed by atoms with E-state index in [1.807, 2.05) is 19.0 Å². The standard InChI is InChI=1S/C11H21N3O.ClH/c1-12-9-5-6-14(7-9)8-11(15)13(2)10-3-4-10;/h9-10,12H,3-8H2,1-2H3;1H. The molecule has 1 amide bonds. The normalized spacial score (nSPS) is 25.2. The Bertz CT molecular complexity index is 245. The van der Waals surface area contributed by atoms with Crippen molar-refractivity contribution in [1.29, 1.82) is 0 Å². The second-order valence-corrected chi connectivity index (χ2v) is 4.75. The highest BCUT2D eigenvalue weighted by Gasteiger charge is 2.31. The summed E-state index contributed by atoms with van der Waals surface area (Å²) in [6.45, 7) is 2.67. The van der Waals surface area contributed by atoms with Crippen LogP contribution in [0.1, 0.15) is 19.3 Å². The number of nitrogens with zero attached hydrogens (tertiary/aromatic N) is 2. The first kappa shape index (κ1) is 13.7. The number of carbonyl (C=O) groups excluding carboxylic acids is 1. The highest BCUT2D eigenvalue weighted by Crippen LogP contribution is 2.25. The van der Waals surface area contributed by atoms with E-state index in [0.29, 0.717) is 18.6 Å². The fraction of sp³-hybridized carbons (Fsp3) is 0.909. The van der Waals surface area contributed by atoms with Gasteiger partial charge in [-0.25, -0.2) is 0 Å². The summed E-state index contributed by atoms with van der Waals surface area (Å²) in [6, 6.07) is 1.12.